The van der Waals surface area contributed by atoms with Crippen molar-refractivity contribution in [2.45, 2.75) is 18.9 Å². The molecule has 0 amide bonds. The monoisotopic (exact) mass is 346 g/mol. The van der Waals surface area contributed by atoms with Gasteiger partial charge in [0.2, 0.25) is 0 Å². The summed E-state index contributed by atoms with van der Waals surface area (Å²) >= 11 is 0. The van der Waals surface area contributed by atoms with Gasteiger partial charge in [-0.2, -0.15) is 0 Å². The van der Waals surface area contributed by atoms with Crippen molar-refractivity contribution in [3.05, 3.63) is 107 Å². The smallest absolute Gasteiger partial charge is 0.338 e. The summed E-state index contributed by atoms with van der Waals surface area (Å²) in [5, 5.41) is 9.24. The van der Waals surface area contributed by atoms with Crippen LogP contribution in [0.25, 0.3) is 0 Å². The van der Waals surface area contributed by atoms with Crippen LogP contribution in [-0.4, -0.2) is 23.8 Å². The Kier molecular flexibility index (Phi) is 5.82. The molecule has 0 aromatic heterocycles. The lowest BCUT2D eigenvalue weighted by Gasteiger charge is -2.19. The summed E-state index contributed by atoms with van der Waals surface area (Å²) in [6.07, 6.45) is -0.668. The van der Waals surface area contributed by atoms with E-state index in [1.807, 2.05) is 48.5 Å². The Labute approximate surface area is 153 Å². The molecule has 3 rings (SSSR count). The summed E-state index contributed by atoms with van der Waals surface area (Å²) in [5.74, 6) is -0.326. The van der Waals surface area contributed by atoms with E-state index in [1.54, 1.807) is 19.1 Å². The van der Waals surface area contributed by atoms with Crippen LogP contribution in [0.2, 0.25) is 0 Å². The fourth-order valence-electron chi connectivity index (χ4n) is 2.96. The third kappa shape index (κ3) is 4.38. The molecule has 1 unspecified atom stereocenters. The zero-order chi connectivity index (χ0) is 18.4. The number of esters is 1. The van der Waals surface area contributed by atoms with Gasteiger partial charge in [-0.25, -0.2) is 4.79 Å². The first-order valence-electron chi connectivity index (χ1n) is 8.70. The molecule has 1 N–H and O–H groups in total. The van der Waals surface area contributed by atoms with Gasteiger partial charge >= 0.3 is 5.97 Å². The predicted molar refractivity (Wildman–Crippen MR) is 102 cm³/mol. The molecule has 0 aliphatic carbocycles. The van der Waals surface area contributed by atoms with Crippen LogP contribution in [0.3, 0.4) is 0 Å². The standard InChI is InChI=1S/C23H22O3/c1-17(24)16-26-23(25)21-14-12-20(13-15-21)22(18-8-4-2-5-9-18)19-10-6-3-7-11-19/h2-15,17,22,24H,16H2,1H3. The second-order valence-electron chi connectivity index (χ2n) is 6.32. The van der Waals surface area contributed by atoms with Crippen LogP contribution >= 0.6 is 0 Å². The summed E-state index contributed by atoms with van der Waals surface area (Å²) in [7, 11) is 0. The van der Waals surface area contributed by atoms with E-state index in [0.717, 1.165) is 5.56 Å². The Hall–Kier alpha value is -2.91. The molecular weight excluding hydrogens is 324 g/mol. The van der Waals surface area contributed by atoms with Crippen molar-refractivity contribution < 1.29 is 14.6 Å². The van der Waals surface area contributed by atoms with Crippen molar-refractivity contribution in [2.24, 2.45) is 0 Å². The summed E-state index contributed by atoms with van der Waals surface area (Å²) in [6, 6.07) is 28.1. The Bertz CT molecular complexity index is 785. The zero-order valence-electron chi connectivity index (χ0n) is 14.7. The number of hydrogen-bond acceptors (Lipinski definition) is 3. The molecule has 0 aliphatic rings. The van der Waals surface area contributed by atoms with Gasteiger partial charge in [-0.3, -0.25) is 0 Å². The van der Waals surface area contributed by atoms with Crippen LogP contribution in [0.1, 0.15) is 39.9 Å². The highest BCUT2D eigenvalue weighted by molar-refractivity contribution is 5.89. The highest BCUT2D eigenvalue weighted by Gasteiger charge is 2.17. The Morgan fingerprint density at radius 2 is 1.27 bits per heavy atom. The van der Waals surface area contributed by atoms with Gasteiger partial charge in [0.25, 0.3) is 0 Å². The molecule has 0 spiro atoms. The van der Waals surface area contributed by atoms with E-state index in [9.17, 15) is 9.90 Å². The second-order valence-corrected chi connectivity index (χ2v) is 6.32. The molecule has 0 radical (unpaired) electrons. The minimum atomic E-state index is -0.668. The van der Waals surface area contributed by atoms with Crippen molar-refractivity contribution >= 4 is 5.97 Å². The Morgan fingerprint density at radius 1 is 0.808 bits per heavy atom. The average Bonchev–Trinajstić information content (AvgIpc) is 2.68. The second kappa shape index (κ2) is 8.45. The molecule has 3 aromatic carbocycles. The molecule has 0 saturated heterocycles. The topological polar surface area (TPSA) is 46.5 Å². The number of carbonyl (C=O) groups excluding carboxylic acids is 1. The summed E-state index contributed by atoms with van der Waals surface area (Å²) < 4.78 is 5.07. The highest BCUT2D eigenvalue weighted by atomic mass is 16.5. The van der Waals surface area contributed by atoms with Crippen molar-refractivity contribution in [1.82, 2.24) is 0 Å². The molecule has 132 valence electrons. The minimum absolute atomic E-state index is 0.00274. The molecule has 0 heterocycles. The van der Waals surface area contributed by atoms with E-state index in [4.69, 9.17) is 4.74 Å². The van der Waals surface area contributed by atoms with Gasteiger partial charge in [-0.1, -0.05) is 72.8 Å². The number of ether oxygens (including phenoxy) is 1. The SMILES string of the molecule is CC(O)COC(=O)c1ccc(C(c2ccccc2)c2ccccc2)cc1. The maximum atomic E-state index is 12.0. The largest absolute Gasteiger partial charge is 0.459 e. The molecule has 0 saturated carbocycles. The third-order valence-corrected chi connectivity index (χ3v) is 4.20. The van der Waals surface area contributed by atoms with Gasteiger partial charge in [-0.05, 0) is 35.7 Å². The molecule has 3 nitrogen and oxygen atoms in total. The van der Waals surface area contributed by atoms with Gasteiger partial charge in [0.05, 0.1) is 11.7 Å². The van der Waals surface area contributed by atoms with Crippen LogP contribution in [0.4, 0.5) is 0 Å². The van der Waals surface area contributed by atoms with Gasteiger partial charge in [0.1, 0.15) is 6.61 Å². The van der Waals surface area contributed by atoms with E-state index in [0.29, 0.717) is 5.56 Å². The molecule has 3 heteroatoms. The summed E-state index contributed by atoms with van der Waals surface area (Å²) in [4.78, 5) is 12.0. The van der Waals surface area contributed by atoms with E-state index >= 15 is 0 Å². The lowest BCUT2D eigenvalue weighted by Crippen LogP contribution is -2.15. The molecule has 0 fully saturated rings. The van der Waals surface area contributed by atoms with Gasteiger partial charge < -0.3 is 9.84 Å². The number of rotatable bonds is 6. The lowest BCUT2D eigenvalue weighted by molar-refractivity contribution is 0.0296. The van der Waals surface area contributed by atoms with Crippen LogP contribution in [0, 0.1) is 0 Å². The van der Waals surface area contributed by atoms with Crippen molar-refractivity contribution in [3.8, 4) is 0 Å². The number of benzene rings is 3. The normalized spacial score (nSPS) is 12.0. The molecule has 3 aromatic rings. The van der Waals surface area contributed by atoms with E-state index < -0.39 is 12.1 Å². The number of hydrogen-bond donors (Lipinski definition) is 1. The van der Waals surface area contributed by atoms with Crippen LogP contribution in [0.15, 0.2) is 84.9 Å². The van der Waals surface area contributed by atoms with Crippen molar-refractivity contribution in [1.29, 1.82) is 0 Å². The molecule has 1 atom stereocenters. The predicted octanol–water partition coefficient (Wildman–Crippen LogP) is 4.40. The maximum Gasteiger partial charge on any atom is 0.338 e. The lowest BCUT2D eigenvalue weighted by atomic mass is 9.85. The number of aliphatic hydroxyl groups excluding tert-OH is 1. The molecule has 26 heavy (non-hydrogen) atoms. The van der Waals surface area contributed by atoms with Crippen LogP contribution < -0.4 is 0 Å². The number of carbonyl (C=O) groups is 1. The molecule has 0 bridgehead atoms. The summed E-state index contributed by atoms with van der Waals surface area (Å²) in [6.45, 7) is 1.58. The average molecular weight is 346 g/mol. The van der Waals surface area contributed by atoms with E-state index in [-0.39, 0.29) is 12.5 Å². The van der Waals surface area contributed by atoms with E-state index in [2.05, 4.69) is 24.3 Å². The van der Waals surface area contributed by atoms with E-state index in [1.165, 1.54) is 11.1 Å². The minimum Gasteiger partial charge on any atom is -0.459 e. The Morgan fingerprint density at radius 3 is 1.73 bits per heavy atom. The number of aliphatic hydroxyl groups is 1. The molecular formula is C23H22O3. The maximum absolute atomic E-state index is 12.0. The zero-order valence-corrected chi connectivity index (χ0v) is 14.7. The first-order valence-corrected chi connectivity index (χ1v) is 8.70. The fraction of sp³-hybridized carbons (Fsp3) is 0.174. The van der Waals surface area contributed by atoms with Crippen LogP contribution in [0.5, 0.6) is 0 Å². The quantitative estimate of drug-likeness (QED) is 0.531. The van der Waals surface area contributed by atoms with Crippen molar-refractivity contribution in [3.63, 3.8) is 0 Å². The Balaban J connectivity index is 1.89. The third-order valence-electron chi connectivity index (χ3n) is 4.20. The van der Waals surface area contributed by atoms with Crippen molar-refractivity contribution in [2.75, 3.05) is 6.61 Å². The molecule has 0 aliphatic heterocycles. The first-order chi connectivity index (χ1) is 12.6. The van der Waals surface area contributed by atoms with Gasteiger partial charge in [0.15, 0.2) is 0 Å². The van der Waals surface area contributed by atoms with Crippen LogP contribution in [-0.2, 0) is 4.74 Å². The van der Waals surface area contributed by atoms with Gasteiger partial charge in [0, 0.05) is 5.92 Å². The first kappa shape index (κ1) is 17.9. The summed E-state index contributed by atoms with van der Waals surface area (Å²) in [5.41, 5.74) is 3.98. The fourth-order valence-corrected chi connectivity index (χ4v) is 2.96. The highest BCUT2D eigenvalue weighted by Crippen LogP contribution is 2.31. The van der Waals surface area contributed by atoms with Gasteiger partial charge in [-0.15, -0.1) is 0 Å².